The van der Waals surface area contributed by atoms with E-state index in [1.807, 2.05) is 30.3 Å². The van der Waals surface area contributed by atoms with Gasteiger partial charge in [-0.3, -0.25) is 4.90 Å². The summed E-state index contributed by atoms with van der Waals surface area (Å²) in [5, 5.41) is 0. The van der Waals surface area contributed by atoms with Crippen molar-refractivity contribution in [2.45, 2.75) is 31.7 Å². The van der Waals surface area contributed by atoms with Crippen molar-refractivity contribution in [1.29, 1.82) is 0 Å². The van der Waals surface area contributed by atoms with Gasteiger partial charge < -0.3 is 9.30 Å². The normalized spacial score (nSPS) is 17.6. The highest BCUT2D eigenvalue weighted by Crippen LogP contribution is 2.38. The maximum atomic E-state index is 13.2. The summed E-state index contributed by atoms with van der Waals surface area (Å²) in [7, 11) is 1.64. The van der Waals surface area contributed by atoms with Gasteiger partial charge in [-0.05, 0) is 36.2 Å². The lowest BCUT2D eigenvalue weighted by molar-refractivity contribution is -0.137. The molecule has 1 aromatic heterocycles. The Morgan fingerprint density at radius 2 is 1.83 bits per heavy atom. The summed E-state index contributed by atoms with van der Waals surface area (Å²) in [5.74, 6) is 0.779. The Hall–Kier alpha value is -2.73. The molecule has 0 amide bonds. The van der Waals surface area contributed by atoms with Crippen molar-refractivity contribution in [3.05, 3.63) is 89.2 Å². The van der Waals surface area contributed by atoms with Gasteiger partial charge in [-0.15, -0.1) is 0 Å². The molecule has 2 heterocycles. The topological polar surface area (TPSA) is 17.4 Å². The number of aryl methyl sites for hydroxylation is 1. The van der Waals surface area contributed by atoms with Crippen LogP contribution in [0.2, 0.25) is 0 Å². The smallest absolute Gasteiger partial charge is 0.416 e. The maximum absolute atomic E-state index is 13.2. The summed E-state index contributed by atoms with van der Waals surface area (Å²) < 4.78 is 47.4. The highest BCUT2D eigenvalue weighted by molar-refractivity contribution is 5.41. The number of nitrogens with zero attached hydrogens (tertiary/aromatic N) is 2. The zero-order chi connectivity index (χ0) is 20.4. The van der Waals surface area contributed by atoms with E-state index < -0.39 is 11.7 Å². The molecule has 1 unspecified atom stereocenters. The van der Waals surface area contributed by atoms with Gasteiger partial charge in [0.25, 0.3) is 0 Å². The number of hydrogen-bond acceptors (Lipinski definition) is 2. The molecule has 3 aromatic rings. The molecule has 0 saturated carbocycles. The van der Waals surface area contributed by atoms with E-state index in [9.17, 15) is 13.2 Å². The standard InChI is InChI=1S/C23H23F3N2O/c1-29-21-11-3-2-9-19(21)22-20-10-5-12-27(20)13-6-14-28(22)16-17-7-4-8-18(15-17)23(24,25)26/h2-5,7-12,15,22H,6,13-14,16H2,1H3. The van der Waals surface area contributed by atoms with Crippen molar-refractivity contribution in [3.63, 3.8) is 0 Å². The van der Waals surface area contributed by atoms with E-state index >= 15 is 0 Å². The van der Waals surface area contributed by atoms with Crippen LogP contribution < -0.4 is 4.74 Å². The van der Waals surface area contributed by atoms with Crippen LogP contribution in [-0.2, 0) is 19.3 Å². The van der Waals surface area contributed by atoms with Crippen molar-refractivity contribution in [3.8, 4) is 5.75 Å². The summed E-state index contributed by atoms with van der Waals surface area (Å²) in [6, 6.07) is 17.5. The van der Waals surface area contributed by atoms with Crippen LogP contribution >= 0.6 is 0 Å². The van der Waals surface area contributed by atoms with Crippen molar-refractivity contribution in [1.82, 2.24) is 9.47 Å². The Labute approximate surface area is 168 Å². The zero-order valence-corrected chi connectivity index (χ0v) is 16.2. The predicted molar refractivity (Wildman–Crippen MR) is 106 cm³/mol. The number of para-hydroxylation sites is 1. The lowest BCUT2D eigenvalue weighted by atomic mass is 9.99. The fourth-order valence-electron chi connectivity index (χ4n) is 4.14. The second kappa shape index (κ2) is 7.95. The quantitative estimate of drug-likeness (QED) is 0.575. The van der Waals surface area contributed by atoms with Gasteiger partial charge in [0.05, 0.1) is 18.7 Å². The number of methoxy groups -OCH3 is 1. The number of hydrogen-bond donors (Lipinski definition) is 0. The second-order valence-electron chi connectivity index (χ2n) is 7.29. The molecule has 152 valence electrons. The number of fused-ring (bicyclic) bond motifs is 1. The van der Waals surface area contributed by atoms with E-state index in [1.165, 1.54) is 12.1 Å². The maximum Gasteiger partial charge on any atom is 0.416 e. The first kappa shape index (κ1) is 19.6. The number of aromatic nitrogens is 1. The SMILES string of the molecule is COc1ccccc1C1c2cccn2CCCN1Cc1cccc(C(F)(F)F)c1. The average Bonchev–Trinajstić information content (AvgIpc) is 3.09. The van der Waals surface area contributed by atoms with Crippen LogP contribution in [0.4, 0.5) is 13.2 Å². The minimum Gasteiger partial charge on any atom is -0.496 e. The fraction of sp³-hybridized carbons (Fsp3) is 0.304. The number of rotatable bonds is 4. The monoisotopic (exact) mass is 400 g/mol. The van der Waals surface area contributed by atoms with Gasteiger partial charge in [0, 0.05) is 37.1 Å². The predicted octanol–water partition coefficient (Wildman–Crippen LogP) is 5.51. The first-order chi connectivity index (χ1) is 14.0. The summed E-state index contributed by atoms with van der Waals surface area (Å²) in [5.41, 5.74) is 2.18. The van der Waals surface area contributed by atoms with Gasteiger partial charge >= 0.3 is 6.18 Å². The first-order valence-corrected chi connectivity index (χ1v) is 9.65. The molecule has 6 heteroatoms. The minimum absolute atomic E-state index is 0.0989. The Balaban J connectivity index is 1.75. The summed E-state index contributed by atoms with van der Waals surface area (Å²) in [6.07, 6.45) is -1.36. The summed E-state index contributed by atoms with van der Waals surface area (Å²) in [6.45, 7) is 2.09. The Morgan fingerprint density at radius 3 is 2.62 bits per heavy atom. The molecule has 0 N–H and O–H groups in total. The van der Waals surface area contributed by atoms with Crippen LogP contribution in [0.5, 0.6) is 5.75 Å². The molecule has 3 nitrogen and oxygen atoms in total. The van der Waals surface area contributed by atoms with E-state index in [1.54, 1.807) is 13.2 Å². The number of ether oxygens (including phenoxy) is 1. The third-order valence-corrected chi connectivity index (χ3v) is 5.43. The van der Waals surface area contributed by atoms with E-state index in [4.69, 9.17) is 4.74 Å². The number of halogens is 3. The molecule has 0 aliphatic carbocycles. The molecule has 1 atom stereocenters. The Morgan fingerprint density at radius 1 is 1.00 bits per heavy atom. The highest BCUT2D eigenvalue weighted by Gasteiger charge is 2.32. The molecule has 4 rings (SSSR count). The third-order valence-electron chi connectivity index (χ3n) is 5.43. The minimum atomic E-state index is -4.34. The Kier molecular flexibility index (Phi) is 5.37. The van der Waals surface area contributed by atoms with Crippen LogP contribution in [0.1, 0.15) is 34.8 Å². The van der Waals surface area contributed by atoms with Crippen molar-refractivity contribution in [2.75, 3.05) is 13.7 Å². The van der Waals surface area contributed by atoms with Crippen molar-refractivity contribution in [2.24, 2.45) is 0 Å². The molecule has 1 aliphatic heterocycles. The van der Waals surface area contributed by atoms with Gasteiger partial charge in [0.2, 0.25) is 0 Å². The van der Waals surface area contributed by atoms with Crippen LogP contribution in [0.25, 0.3) is 0 Å². The van der Waals surface area contributed by atoms with E-state index in [0.29, 0.717) is 12.1 Å². The molecule has 1 aliphatic rings. The van der Waals surface area contributed by atoms with Gasteiger partial charge in [-0.1, -0.05) is 36.4 Å². The van der Waals surface area contributed by atoms with Crippen LogP contribution in [0.3, 0.4) is 0 Å². The average molecular weight is 400 g/mol. The molecule has 29 heavy (non-hydrogen) atoms. The third kappa shape index (κ3) is 4.03. The van der Waals surface area contributed by atoms with E-state index in [-0.39, 0.29) is 6.04 Å². The summed E-state index contributed by atoms with van der Waals surface area (Å²) in [4.78, 5) is 2.24. The summed E-state index contributed by atoms with van der Waals surface area (Å²) >= 11 is 0. The number of alkyl halides is 3. The van der Waals surface area contributed by atoms with Gasteiger partial charge in [0.1, 0.15) is 5.75 Å². The van der Waals surface area contributed by atoms with Crippen LogP contribution in [0, 0.1) is 0 Å². The van der Waals surface area contributed by atoms with Crippen LogP contribution in [0.15, 0.2) is 66.9 Å². The van der Waals surface area contributed by atoms with Gasteiger partial charge in [0.15, 0.2) is 0 Å². The molecule has 0 spiro atoms. The first-order valence-electron chi connectivity index (χ1n) is 9.65. The second-order valence-corrected chi connectivity index (χ2v) is 7.29. The zero-order valence-electron chi connectivity index (χ0n) is 16.2. The van der Waals surface area contributed by atoms with E-state index in [0.717, 1.165) is 42.6 Å². The molecule has 0 bridgehead atoms. The lowest BCUT2D eigenvalue weighted by Gasteiger charge is -2.31. The van der Waals surface area contributed by atoms with Crippen LogP contribution in [-0.4, -0.2) is 23.1 Å². The Bertz CT molecular complexity index is 980. The van der Waals surface area contributed by atoms with Gasteiger partial charge in [-0.2, -0.15) is 13.2 Å². The molecule has 0 saturated heterocycles. The fourth-order valence-corrected chi connectivity index (χ4v) is 4.14. The van der Waals surface area contributed by atoms with Crippen molar-refractivity contribution >= 4 is 0 Å². The largest absolute Gasteiger partial charge is 0.496 e. The lowest BCUT2D eigenvalue weighted by Crippen LogP contribution is -2.30. The molecular formula is C23H23F3N2O. The van der Waals surface area contributed by atoms with Gasteiger partial charge in [-0.25, -0.2) is 0 Å². The van der Waals surface area contributed by atoms with Crippen molar-refractivity contribution < 1.29 is 17.9 Å². The molecule has 0 fully saturated rings. The number of benzene rings is 2. The van der Waals surface area contributed by atoms with E-state index in [2.05, 4.69) is 21.7 Å². The molecular weight excluding hydrogens is 377 g/mol. The molecule has 0 radical (unpaired) electrons. The highest BCUT2D eigenvalue weighted by atomic mass is 19.4. The molecule has 2 aromatic carbocycles.